The van der Waals surface area contributed by atoms with Gasteiger partial charge in [0.15, 0.2) is 17.6 Å². The second-order valence-electron chi connectivity index (χ2n) is 10.1. The Kier molecular flexibility index (Phi) is 5.15. The van der Waals surface area contributed by atoms with E-state index in [1.54, 1.807) is 18.2 Å². The van der Waals surface area contributed by atoms with E-state index in [0.717, 1.165) is 24.9 Å². The Morgan fingerprint density at radius 2 is 1.97 bits per heavy atom. The normalized spacial score (nSPS) is 29.2. The van der Waals surface area contributed by atoms with Crippen molar-refractivity contribution >= 4 is 17.6 Å². The lowest BCUT2D eigenvalue weighted by Gasteiger charge is -2.56. The fourth-order valence-corrected chi connectivity index (χ4v) is 6.64. The van der Waals surface area contributed by atoms with Crippen LogP contribution in [0.4, 0.5) is 5.69 Å². The molecule has 36 heavy (non-hydrogen) atoms. The number of likely N-dealkylation sites (N-methyl/N-ethyl adjacent to an activating group) is 1. The SMILES string of the molecule is CC(=O)Oc1ccc2c3c1O[C@H]1[C@@H](OC(=O)Cc4ccc([N+](=O)[O-])cc4)C=C[C@H]4[C@@H](C2)N(C)CC[C@@]341. The van der Waals surface area contributed by atoms with E-state index < -0.39 is 29.1 Å². The zero-order chi connectivity index (χ0) is 25.2. The molecular formula is C27H26N2O7. The highest BCUT2D eigenvalue weighted by Gasteiger charge is 2.65. The third-order valence-corrected chi connectivity index (χ3v) is 8.13. The van der Waals surface area contributed by atoms with Gasteiger partial charge in [0.05, 0.1) is 11.3 Å². The van der Waals surface area contributed by atoms with Crippen LogP contribution in [0.15, 0.2) is 48.6 Å². The Balaban J connectivity index is 1.32. The summed E-state index contributed by atoms with van der Waals surface area (Å²) in [6.07, 6.45) is 4.75. The number of hydrogen-bond donors (Lipinski definition) is 0. The highest BCUT2D eigenvalue weighted by molar-refractivity contribution is 5.74. The summed E-state index contributed by atoms with van der Waals surface area (Å²) >= 11 is 0. The monoisotopic (exact) mass is 490 g/mol. The lowest BCUT2D eigenvalue weighted by molar-refractivity contribution is -0.384. The van der Waals surface area contributed by atoms with Gasteiger partial charge >= 0.3 is 11.9 Å². The third-order valence-electron chi connectivity index (χ3n) is 8.13. The maximum Gasteiger partial charge on any atom is 0.310 e. The number of carbonyl (C=O) groups excluding carboxylic acids is 2. The molecule has 1 saturated heterocycles. The Morgan fingerprint density at radius 1 is 1.19 bits per heavy atom. The number of ether oxygens (including phenoxy) is 3. The van der Waals surface area contributed by atoms with E-state index in [4.69, 9.17) is 14.2 Å². The zero-order valence-electron chi connectivity index (χ0n) is 20.0. The van der Waals surface area contributed by atoms with Crippen LogP contribution in [0.5, 0.6) is 11.5 Å². The van der Waals surface area contributed by atoms with Gasteiger partial charge in [-0.25, -0.2) is 0 Å². The molecule has 0 aromatic heterocycles. The topological polar surface area (TPSA) is 108 Å². The summed E-state index contributed by atoms with van der Waals surface area (Å²) in [6, 6.07) is 10.0. The van der Waals surface area contributed by atoms with E-state index in [0.29, 0.717) is 23.1 Å². The molecule has 1 spiro atoms. The Morgan fingerprint density at radius 3 is 2.69 bits per heavy atom. The minimum absolute atomic E-state index is 0.00621. The number of nitrogens with zero attached hydrogens (tertiary/aromatic N) is 2. The van der Waals surface area contributed by atoms with E-state index in [9.17, 15) is 19.7 Å². The summed E-state index contributed by atoms with van der Waals surface area (Å²) in [5, 5.41) is 10.9. The number of non-ortho nitro benzene ring substituents is 1. The Labute approximate surface area is 207 Å². The summed E-state index contributed by atoms with van der Waals surface area (Å²) in [5.41, 5.74) is 2.50. The van der Waals surface area contributed by atoms with Crippen LogP contribution >= 0.6 is 0 Å². The number of likely N-dealkylation sites (tertiary alicyclic amines) is 1. The number of nitro benzene ring substituents is 1. The van der Waals surface area contributed by atoms with Crippen molar-refractivity contribution in [2.45, 2.75) is 49.9 Å². The quantitative estimate of drug-likeness (QED) is 0.207. The minimum atomic E-state index is -0.612. The highest BCUT2D eigenvalue weighted by Crippen LogP contribution is 2.62. The summed E-state index contributed by atoms with van der Waals surface area (Å²) in [4.78, 5) is 37.5. The largest absolute Gasteiger partial charge is 0.481 e. The van der Waals surface area contributed by atoms with Crippen LogP contribution in [-0.4, -0.2) is 53.6 Å². The van der Waals surface area contributed by atoms with E-state index in [1.807, 2.05) is 12.1 Å². The number of piperidine rings is 1. The lowest BCUT2D eigenvalue weighted by Crippen LogP contribution is -2.65. The molecule has 0 unspecified atom stereocenters. The minimum Gasteiger partial charge on any atom is -0.481 e. The van der Waals surface area contributed by atoms with Crippen molar-refractivity contribution in [3.05, 3.63) is 75.4 Å². The van der Waals surface area contributed by atoms with Crippen molar-refractivity contribution in [2.75, 3.05) is 13.6 Å². The maximum absolute atomic E-state index is 12.9. The lowest BCUT2D eigenvalue weighted by atomic mass is 9.53. The molecular weight excluding hydrogens is 464 g/mol. The second-order valence-corrected chi connectivity index (χ2v) is 10.1. The van der Waals surface area contributed by atoms with Gasteiger partial charge in [0, 0.05) is 42.0 Å². The van der Waals surface area contributed by atoms with Crippen molar-refractivity contribution in [3.63, 3.8) is 0 Å². The molecule has 0 saturated carbocycles. The van der Waals surface area contributed by atoms with Gasteiger partial charge in [-0.1, -0.05) is 24.3 Å². The van der Waals surface area contributed by atoms with Crippen molar-refractivity contribution in [1.29, 1.82) is 0 Å². The van der Waals surface area contributed by atoms with Gasteiger partial charge in [-0.15, -0.1) is 0 Å². The van der Waals surface area contributed by atoms with E-state index in [1.165, 1.54) is 24.6 Å². The smallest absolute Gasteiger partial charge is 0.310 e. The molecule has 4 aliphatic rings. The first-order chi connectivity index (χ1) is 17.3. The second kappa shape index (κ2) is 8.16. The van der Waals surface area contributed by atoms with Crippen molar-refractivity contribution < 1.29 is 28.7 Å². The molecule has 2 bridgehead atoms. The maximum atomic E-state index is 12.9. The average molecular weight is 491 g/mol. The number of carbonyl (C=O) groups is 2. The molecule has 1 fully saturated rings. The standard InChI is InChI=1S/C27H26N2O7/c1-15(30)34-21-9-5-17-14-20-19-8-10-22(26-27(19,11-12-28(20)2)24(17)25(21)36-26)35-23(31)13-16-3-6-18(7-4-16)29(32)33/h3-10,19-20,22,26H,11-14H2,1-2H3/t19-,20+,22-,26-,27-/m0/s1. The van der Waals surface area contributed by atoms with Crippen LogP contribution in [0.3, 0.4) is 0 Å². The van der Waals surface area contributed by atoms with Gasteiger partial charge in [0.1, 0.15) is 6.10 Å². The van der Waals surface area contributed by atoms with Gasteiger partial charge in [0.25, 0.3) is 5.69 Å². The number of nitro groups is 1. The fourth-order valence-electron chi connectivity index (χ4n) is 6.64. The average Bonchev–Trinajstić information content (AvgIpc) is 3.19. The molecule has 9 heteroatoms. The van der Waals surface area contributed by atoms with Crippen LogP contribution in [0.2, 0.25) is 0 Å². The van der Waals surface area contributed by atoms with Crippen LogP contribution < -0.4 is 9.47 Å². The molecule has 186 valence electrons. The summed E-state index contributed by atoms with van der Waals surface area (Å²) in [7, 11) is 2.14. The number of esters is 2. The molecule has 2 aromatic carbocycles. The first-order valence-electron chi connectivity index (χ1n) is 12.1. The Hall–Kier alpha value is -3.72. The molecule has 5 atom stereocenters. The van der Waals surface area contributed by atoms with Gasteiger partial charge in [-0.2, -0.15) is 0 Å². The number of rotatable bonds is 5. The zero-order valence-corrected chi connectivity index (χ0v) is 20.0. The Bertz CT molecular complexity index is 1300. The van der Waals surface area contributed by atoms with Crippen LogP contribution in [0.1, 0.15) is 30.0 Å². The third kappa shape index (κ3) is 3.33. The first-order valence-corrected chi connectivity index (χ1v) is 12.1. The van der Waals surface area contributed by atoms with E-state index in [2.05, 4.69) is 18.0 Å². The molecule has 2 heterocycles. The van der Waals surface area contributed by atoms with Crippen molar-refractivity contribution in [2.24, 2.45) is 5.92 Å². The van der Waals surface area contributed by atoms with Crippen molar-refractivity contribution in [1.82, 2.24) is 4.90 Å². The van der Waals surface area contributed by atoms with Crippen LogP contribution in [0, 0.1) is 16.0 Å². The summed E-state index contributed by atoms with van der Waals surface area (Å²) in [6.45, 7) is 2.25. The predicted octanol–water partition coefficient (Wildman–Crippen LogP) is 3.12. The van der Waals surface area contributed by atoms with E-state index in [-0.39, 0.29) is 23.4 Å². The summed E-state index contributed by atoms with van der Waals surface area (Å²) in [5.74, 6) is 0.318. The molecule has 6 rings (SSSR count). The van der Waals surface area contributed by atoms with Crippen molar-refractivity contribution in [3.8, 4) is 11.5 Å². The fraction of sp³-hybridized carbons (Fsp3) is 0.407. The summed E-state index contributed by atoms with van der Waals surface area (Å²) < 4.78 is 18.0. The van der Waals surface area contributed by atoms with Gasteiger partial charge in [-0.3, -0.25) is 19.7 Å². The van der Waals surface area contributed by atoms with Gasteiger partial charge in [-0.05, 0) is 49.7 Å². The van der Waals surface area contributed by atoms with Crippen LogP contribution in [-0.2, 0) is 32.6 Å². The first kappa shape index (κ1) is 22.7. The molecule has 2 aliphatic carbocycles. The van der Waals surface area contributed by atoms with Gasteiger partial charge in [0.2, 0.25) is 0 Å². The highest BCUT2D eigenvalue weighted by atomic mass is 16.6. The molecule has 0 N–H and O–H groups in total. The number of benzene rings is 2. The van der Waals surface area contributed by atoms with Crippen LogP contribution in [0.25, 0.3) is 0 Å². The molecule has 9 nitrogen and oxygen atoms in total. The van der Waals surface area contributed by atoms with Gasteiger partial charge < -0.3 is 19.1 Å². The van der Waals surface area contributed by atoms with E-state index >= 15 is 0 Å². The predicted molar refractivity (Wildman–Crippen MR) is 128 cm³/mol. The molecule has 2 aromatic rings. The molecule has 2 aliphatic heterocycles. The molecule has 0 amide bonds. The number of hydrogen-bond acceptors (Lipinski definition) is 8. The molecule has 0 radical (unpaired) electrons.